The first-order valence-corrected chi connectivity index (χ1v) is 12.2. The number of halogens is 1. The molecule has 0 bridgehead atoms. The minimum absolute atomic E-state index is 0. The Kier molecular flexibility index (Phi) is 11.6. The maximum absolute atomic E-state index is 5.70. The molecule has 3 rings (SSSR count). The number of guanidine groups is 1. The third-order valence-corrected chi connectivity index (χ3v) is 6.71. The number of piperidine rings is 1. The maximum Gasteiger partial charge on any atom is 0.191 e. The molecule has 1 aromatic carbocycles. The zero-order chi connectivity index (χ0) is 22.1. The molecule has 0 aromatic heterocycles. The zero-order valence-electron chi connectivity index (χ0n) is 20.4. The summed E-state index contributed by atoms with van der Waals surface area (Å²) in [6.07, 6.45) is 4.33. The quantitative estimate of drug-likeness (QED) is 0.285. The largest absolute Gasteiger partial charge is 0.494 e. The van der Waals surface area contributed by atoms with Gasteiger partial charge in [0.05, 0.1) is 13.2 Å². The van der Waals surface area contributed by atoms with Crippen LogP contribution in [0.3, 0.4) is 0 Å². The summed E-state index contributed by atoms with van der Waals surface area (Å²) in [4.78, 5) is 7.65. The van der Waals surface area contributed by atoms with Crippen molar-refractivity contribution < 1.29 is 9.47 Å². The van der Waals surface area contributed by atoms with Crippen LogP contribution in [0.4, 0.5) is 0 Å². The lowest BCUT2D eigenvalue weighted by molar-refractivity contribution is 0.0530. The smallest absolute Gasteiger partial charge is 0.191 e. The number of likely N-dealkylation sites (tertiary alicyclic amines) is 1. The monoisotopic (exact) mass is 558 g/mol. The number of nitrogens with zero attached hydrogens (tertiary/aromatic N) is 2. The maximum atomic E-state index is 5.70. The SMILES string of the molecule is CCNC(=NCC1(c2ccc(OCC)cc2)CCOCC1)NC1CCN(C(C)C)CC1.I. The lowest BCUT2D eigenvalue weighted by Crippen LogP contribution is -2.50. The summed E-state index contributed by atoms with van der Waals surface area (Å²) in [6, 6.07) is 9.73. The summed E-state index contributed by atoms with van der Waals surface area (Å²) in [5, 5.41) is 7.18. The van der Waals surface area contributed by atoms with Crippen molar-refractivity contribution >= 4 is 29.9 Å². The van der Waals surface area contributed by atoms with Gasteiger partial charge in [-0.05, 0) is 71.1 Å². The van der Waals surface area contributed by atoms with E-state index in [1.165, 1.54) is 18.4 Å². The second-order valence-electron chi connectivity index (χ2n) is 9.09. The van der Waals surface area contributed by atoms with Crippen LogP contribution in [0.5, 0.6) is 5.75 Å². The van der Waals surface area contributed by atoms with Gasteiger partial charge < -0.3 is 25.0 Å². The number of hydrogen-bond acceptors (Lipinski definition) is 4. The number of aliphatic imine (C=N–C) groups is 1. The number of benzene rings is 1. The molecule has 0 unspecified atom stereocenters. The van der Waals surface area contributed by atoms with Gasteiger partial charge >= 0.3 is 0 Å². The Morgan fingerprint density at radius 2 is 1.81 bits per heavy atom. The van der Waals surface area contributed by atoms with E-state index in [4.69, 9.17) is 14.5 Å². The molecule has 2 aliphatic rings. The van der Waals surface area contributed by atoms with E-state index < -0.39 is 0 Å². The Morgan fingerprint density at radius 1 is 1.16 bits per heavy atom. The van der Waals surface area contributed by atoms with Crippen LogP contribution in [0.1, 0.15) is 58.9 Å². The molecule has 7 heteroatoms. The third-order valence-electron chi connectivity index (χ3n) is 6.71. The van der Waals surface area contributed by atoms with Crippen LogP contribution >= 0.6 is 24.0 Å². The minimum Gasteiger partial charge on any atom is -0.494 e. The molecule has 2 aliphatic heterocycles. The first-order valence-electron chi connectivity index (χ1n) is 12.2. The molecule has 0 aliphatic carbocycles. The van der Waals surface area contributed by atoms with Crippen LogP contribution in [-0.4, -0.2) is 68.9 Å². The van der Waals surface area contributed by atoms with Gasteiger partial charge in [0, 0.05) is 50.3 Å². The van der Waals surface area contributed by atoms with E-state index in [-0.39, 0.29) is 29.4 Å². The highest BCUT2D eigenvalue weighted by Gasteiger charge is 2.34. The van der Waals surface area contributed by atoms with Crippen molar-refractivity contribution in [1.29, 1.82) is 0 Å². The summed E-state index contributed by atoms with van der Waals surface area (Å²) in [7, 11) is 0. The topological polar surface area (TPSA) is 58.1 Å². The Bertz CT molecular complexity index is 682. The lowest BCUT2D eigenvalue weighted by Gasteiger charge is -2.37. The summed E-state index contributed by atoms with van der Waals surface area (Å²) < 4.78 is 11.3. The Labute approximate surface area is 211 Å². The molecule has 182 valence electrons. The Hall–Kier alpha value is -1.06. The highest BCUT2D eigenvalue weighted by molar-refractivity contribution is 14.0. The van der Waals surface area contributed by atoms with Crippen LogP contribution in [0, 0.1) is 0 Å². The average molecular weight is 559 g/mol. The fourth-order valence-corrected chi connectivity index (χ4v) is 4.68. The van der Waals surface area contributed by atoms with Crippen molar-refractivity contribution in [1.82, 2.24) is 15.5 Å². The first kappa shape index (κ1) is 27.2. The van der Waals surface area contributed by atoms with Crippen molar-refractivity contribution in [2.75, 3.05) is 46.0 Å². The fraction of sp³-hybridized carbons (Fsp3) is 0.720. The molecule has 2 saturated heterocycles. The van der Waals surface area contributed by atoms with Gasteiger partial charge in [-0.25, -0.2) is 0 Å². The molecule has 2 heterocycles. The van der Waals surface area contributed by atoms with Gasteiger partial charge in [0.15, 0.2) is 5.96 Å². The number of rotatable bonds is 8. The van der Waals surface area contributed by atoms with Gasteiger partial charge in [-0.15, -0.1) is 24.0 Å². The van der Waals surface area contributed by atoms with Crippen LogP contribution in [0.15, 0.2) is 29.3 Å². The molecule has 0 radical (unpaired) electrons. The predicted octanol–water partition coefficient (Wildman–Crippen LogP) is 4.18. The normalized spacial score (nSPS) is 20.0. The van der Waals surface area contributed by atoms with Crippen molar-refractivity contribution in [2.45, 2.75) is 70.9 Å². The number of nitrogens with one attached hydrogen (secondary N) is 2. The first-order chi connectivity index (χ1) is 15.1. The van der Waals surface area contributed by atoms with Crippen molar-refractivity contribution in [3.05, 3.63) is 29.8 Å². The Morgan fingerprint density at radius 3 is 2.38 bits per heavy atom. The number of hydrogen-bond donors (Lipinski definition) is 2. The molecule has 32 heavy (non-hydrogen) atoms. The van der Waals surface area contributed by atoms with Gasteiger partial charge in [0.1, 0.15) is 5.75 Å². The minimum atomic E-state index is 0. The fourth-order valence-electron chi connectivity index (χ4n) is 4.68. The predicted molar refractivity (Wildman–Crippen MR) is 144 cm³/mol. The molecule has 6 nitrogen and oxygen atoms in total. The second kappa shape index (κ2) is 13.6. The molecule has 1 aromatic rings. The standard InChI is InChI=1S/C25H42N4O2.HI/c1-5-26-24(28-22-11-15-29(16-12-22)20(3)4)27-19-25(13-17-30-18-14-25)21-7-9-23(10-8-21)31-6-2;/h7-10,20,22H,5-6,11-19H2,1-4H3,(H2,26,27,28);1H. The van der Waals surface area contributed by atoms with Crippen molar-refractivity contribution in [2.24, 2.45) is 4.99 Å². The van der Waals surface area contributed by atoms with Gasteiger partial charge in [0.2, 0.25) is 0 Å². The molecule has 2 N–H and O–H groups in total. The van der Waals surface area contributed by atoms with Crippen LogP contribution in [-0.2, 0) is 10.2 Å². The van der Waals surface area contributed by atoms with Gasteiger partial charge in [0.25, 0.3) is 0 Å². The average Bonchev–Trinajstić information content (AvgIpc) is 2.79. The highest BCUT2D eigenvalue weighted by atomic mass is 127. The summed E-state index contributed by atoms with van der Waals surface area (Å²) in [5.74, 6) is 1.88. The Balaban J connectivity index is 0.00000363. The summed E-state index contributed by atoms with van der Waals surface area (Å²) >= 11 is 0. The second-order valence-corrected chi connectivity index (χ2v) is 9.09. The van der Waals surface area contributed by atoms with Gasteiger partial charge in [-0.1, -0.05) is 12.1 Å². The van der Waals surface area contributed by atoms with Crippen LogP contribution < -0.4 is 15.4 Å². The molecule has 0 saturated carbocycles. The molecular weight excluding hydrogens is 515 g/mol. The van der Waals surface area contributed by atoms with E-state index >= 15 is 0 Å². The summed E-state index contributed by atoms with van der Waals surface area (Å²) in [5.41, 5.74) is 1.36. The van der Waals surface area contributed by atoms with E-state index in [1.54, 1.807) is 0 Å². The van der Waals surface area contributed by atoms with E-state index in [9.17, 15) is 0 Å². The molecule has 0 spiro atoms. The lowest BCUT2D eigenvalue weighted by atomic mass is 9.74. The molecule has 0 amide bonds. The van der Waals surface area contributed by atoms with Gasteiger partial charge in [-0.2, -0.15) is 0 Å². The molecule has 2 fully saturated rings. The molecule has 0 atom stereocenters. The van der Waals surface area contributed by atoms with E-state index in [0.29, 0.717) is 18.7 Å². The van der Waals surface area contributed by atoms with Gasteiger partial charge in [-0.3, -0.25) is 4.99 Å². The summed E-state index contributed by atoms with van der Waals surface area (Å²) in [6.45, 7) is 14.9. The van der Waals surface area contributed by atoms with Crippen LogP contribution in [0.25, 0.3) is 0 Å². The molecular formula is C25H43IN4O2. The van der Waals surface area contributed by atoms with Crippen molar-refractivity contribution in [3.8, 4) is 5.75 Å². The highest BCUT2D eigenvalue weighted by Crippen LogP contribution is 2.36. The third kappa shape index (κ3) is 7.48. The van der Waals surface area contributed by atoms with E-state index in [2.05, 4.69) is 60.6 Å². The van der Waals surface area contributed by atoms with E-state index in [0.717, 1.165) is 63.9 Å². The number of ether oxygens (including phenoxy) is 2. The van der Waals surface area contributed by atoms with Crippen LogP contribution in [0.2, 0.25) is 0 Å². The zero-order valence-corrected chi connectivity index (χ0v) is 22.7. The van der Waals surface area contributed by atoms with Crippen molar-refractivity contribution in [3.63, 3.8) is 0 Å². The van der Waals surface area contributed by atoms with E-state index in [1.807, 2.05) is 6.92 Å².